The number of sulfonamides is 1. The van der Waals surface area contributed by atoms with Gasteiger partial charge < -0.3 is 9.64 Å². The zero-order valence-corrected chi connectivity index (χ0v) is 18.4. The number of quaternary nitrogens is 1. The molecule has 4 saturated carbocycles. The lowest BCUT2D eigenvalue weighted by molar-refractivity contribution is -0.962. The van der Waals surface area contributed by atoms with Crippen LogP contribution in [0, 0.1) is 17.8 Å². The topological polar surface area (TPSA) is 51.1 Å². The summed E-state index contributed by atoms with van der Waals surface area (Å²) in [6, 6.07) is 6.94. The second-order valence-electron chi connectivity index (χ2n) is 10.0. The van der Waals surface area contributed by atoms with Gasteiger partial charge in [-0.2, -0.15) is 4.31 Å². The van der Waals surface area contributed by atoms with Crippen molar-refractivity contribution in [2.45, 2.75) is 62.3 Å². The van der Waals surface area contributed by atoms with E-state index in [9.17, 15) is 8.42 Å². The predicted octanol–water partition coefficient (Wildman–Crippen LogP) is 2.33. The van der Waals surface area contributed by atoms with Crippen molar-refractivity contribution in [3.8, 4) is 5.75 Å². The van der Waals surface area contributed by atoms with Gasteiger partial charge in [0.15, 0.2) is 0 Å². The Morgan fingerprint density at radius 1 is 1.00 bits per heavy atom. The molecule has 1 heterocycles. The van der Waals surface area contributed by atoms with Crippen LogP contribution in [0.15, 0.2) is 29.2 Å². The van der Waals surface area contributed by atoms with E-state index in [1.54, 1.807) is 33.5 Å². The maximum atomic E-state index is 13.1. The quantitative estimate of drug-likeness (QED) is 0.770. The molecule has 0 atom stereocenters. The number of benzene rings is 1. The van der Waals surface area contributed by atoms with Crippen LogP contribution in [0.5, 0.6) is 5.75 Å². The van der Waals surface area contributed by atoms with Crippen molar-refractivity contribution in [2.24, 2.45) is 17.8 Å². The molecule has 6 rings (SSSR count). The van der Waals surface area contributed by atoms with Gasteiger partial charge in [0, 0.05) is 19.3 Å². The van der Waals surface area contributed by atoms with Crippen molar-refractivity contribution >= 4 is 10.0 Å². The van der Waals surface area contributed by atoms with E-state index in [2.05, 4.69) is 6.92 Å². The van der Waals surface area contributed by atoms with Gasteiger partial charge in [-0.05, 0) is 67.7 Å². The van der Waals surface area contributed by atoms with Gasteiger partial charge in [-0.15, -0.1) is 0 Å². The minimum atomic E-state index is -3.41. The van der Waals surface area contributed by atoms with Crippen molar-refractivity contribution in [1.82, 2.24) is 4.31 Å². The first-order chi connectivity index (χ1) is 14.0. The molecule has 160 valence electrons. The molecule has 5 nitrogen and oxygen atoms in total. The molecule has 4 aliphatic carbocycles. The maximum Gasteiger partial charge on any atom is 0.243 e. The fourth-order valence-corrected chi connectivity index (χ4v) is 8.59. The molecule has 0 unspecified atom stereocenters. The Bertz CT molecular complexity index is 793. The zero-order valence-electron chi connectivity index (χ0n) is 17.6. The number of rotatable bonds is 6. The fourth-order valence-electron chi connectivity index (χ4n) is 7.15. The molecule has 0 aromatic heterocycles. The highest BCUT2D eigenvalue weighted by Crippen LogP contribution is 2.54. The van der Waals surface area contributed by atoms with Crippen LogP contribution in [0.1, 0.15) is 51.9 Å². The van der Waals surface area contributed by atoms with Gasteiger partial charge in [0.2, 0.25) is 10.0 Å². The normalized spacial score (nSPS) is 35.1. The zero-order chi connectivity index (χ0) is 20.1. The van der Waals surface area contributed by atoms with E-state index in [4.69, 9.17) is 4.74 Å². The Labute approximate surface area is 175 Å². The third-order valence-corrected chi connectivity index (χ3v) is 9.96. The van der Waals surface area contributed by atoms with E-state index >= 15 is 0 Å². The summed E-state index contributed by atoms with van der Waals surface area (Å²) in [7, 11) is -3.41. The molecule has 1 N–H and O–H groups in total. The van der Waals surface area contributed by atoms with Crippen LogP contribution in [0.25, 0.3) is 0 Å². The Morgan fingerprint density at radius 3 is 2.07 bits per heavy atom. The van der Waals surface area contributed by atoms with Crippen molar-refractivity contribution in [3.63, 3.8) is 0 Å². The summed E-state index contributed by atoms with van der Waals surface area (Å²) in [4.78, 5) is 2.09. The second kappa shape index (κ2) is 7.54. The average Bonchev–Trinajstić information content (AvgIpc) is 2.72. The average molecular weight is 420 g/mol. The third kappa shape index (κ3) is 3.61. The van der Waals surface area contributed by atoms with Gasteiger partial charge in [0.05, 0.1) is 43.2 Å². The van der Waals surface area contributed by atoms with Crippen LogP contribution >= 0.6 is 0 Å². The number of hydrogen-bond acceptors (Lipinski definition) is 3. The molecule has 29 heavy (non-hydrogen) atoms. The lowest BCUT2D eigenvalue weighted by atomic mass is 9.52. The van der Waals surface area contributed by atoms with Gasteiger partial charge in [-0.25, -0.2) is 8.42 Å². The first kappa shape index (κ1) is 19.8. The molecule has 6 heteroatoms. The first-order valence-electron chi connectivity index (χ1n) is 11.6. The molecular weight excluding hydrogens is 384 g/mol. The molecule has 5 aliphatic rings. The van der Waals surface area contributed by atoms with Crippen LogP contribution in [0.3, 0.4) is 0 Å². The van der Waals surface area contributed by atoms with Crippen LogP contribution in [0.4, 0.5) is 0 Å². The highest BCUT2D eigenvalue weighted by molar-refractivity contribution is 7.89. The molecule has 0 radical (unpaired) electrons. The number of hydrogen-bond donors (Lipinski definition) is 1. The Kier molecular flexibility index (Phi) is 5.16. The molecule has 4 bridgehead atoms. The van der Waals surface area contributed by atoms with Gasteiger partial charge >= 0.3 is 0 Å². The van der Waals surface area contributed by atoms with Gasteiger partial charge in [-0.1, -0.05) is 6.92 Å². The highest BCUT2D eigenvalue weighted by Gasteiger charge is 2.56. The lowest BCUT2D eigenvalue weighted by Crippen LogP contribution is -3.23. The van der Waals surface area contributed by atoms with E-state index in [0.717, 1.165) is 43.0 Å². The minimum absolute atomic E-state index is 0.389. The SMILES string of the molecule is CCCOc1ccc(S(=O)(=O)N2CC[NH+](C34CC5CC(CC(C5)C3)C4)CC2)cc1. The van der Waals surface area contributed by atoms with Crippen molar-refractivity contribution in [3.05, 3.63) is 24.3 Å². The summed E-state index contributed by atoms with van der Waals surface area (Å²) in [5.74, 6) is 3.58. The Morgan fingerprint density at radius 2 is 1.55 bits per heavy atom. The van der Waals surface area contributed by atoms with E-state index in [1.165, 1.54) is 38.5 Å². The van der Waals surface area contributed by atoms with Gasteiger partial charge in [0.25, 0.3) is 0 Å². The van der Waals surface area contributed by atoms with Crippen LogP contribution in [-0.2, 0) is 10.0 Å². The number of piperazine rings is 1. The molecule has 1 saturated heterocycles. The third-order valence-electron chi connectivity index (χ3n) is 8.05. The first-order valence-corrected chi connectivity index (χ1v) is 13.0. The van der Waals surface area contributed by atoms with Crippen molar-refractivity contribution in [2.75, 3.05) is 32.8 Å². The summed E-state index contributed by atoms with van der Waals surface area (Å²) in [5.41, 5.74) is 0.461. The highest BCUT2D eigenvalue weighted by atomic mass is 32.2. The predicted molar refractivity (Wildman–Crippen MR) is 113 cm³/mol. The smallest absolute Gasteiger partial charge is 0.243 e. The molecule has 5 fully saturated rings. The van der Waals surface area contributed by atoms with Crippen molar-refractivity contribution in [1.29, 1.82) is 0 Å². The number of nitrogens with zero attached hydrogens (tertiary/aromatic N) is 1. The van der Waals surface area contributed by atoms with Gasteiger partial charge in [-0.3, -0.25) is 0 Å². The van der Waals surface area contributed by atoms with E-state index in [0.29, 0.717) is 30.1 Å². The summed E-state index contributed by atoms with van der Waals surface area (Å²) < 4.78 is 33.6. The van der Waals surface area contributed by atoms with E-state index in [-0.39, 0.29) is 0 Å². The van der Waals surface area contributed by atoms with Gasteiger partial charge in [0.1, 0.15) is 5.75 Å². The van der Waals surface area contributed by atoms with Crippen LogP contribution in [0.2, 0.25) is 0 Å². The maximum absolute atomic E-state index is 13.1. The largest absolute Gasteiger partial charge is 0.494 e. The summed E-state index contributed by atoms with van der Waals surface area (Å²) >= 11 is 0. The molecule has 0 spiro atoms. The Hall–Kier alpha value is -1.11. The molecule has 1 aromatic rings. The molecular formula is C23H35N2O3S+. The van der Waals surface area contributed by atoms with E-state index in [1.807, 2.05) is 0 Å². The lowest BCUT2D eigenvalue weighted by Gasteiger charge is -2.59. The Balaban J connectivity index is 1.24. The minimum Gasteiger partial charge on any atom is -0.494 e. The summed E-state index contributed by atoms with van der Waals surface area (Å²) in [6.07, 6.45) is 9.50. The van der Waals surface area contributed by atoms with Crippen molar-refractivity contribution < 1.29 is 18.1 Å². The molecule has 1 aliphatic heterocycles. The standard InChI is InChI=1S/C23H34N2O3S/c1-2-11-28-21-3-5-22(6-4-21)29(26,27)25-9-7-24(8-10-25)23-15-18-12-19(16-23)14-20(13-18)17-23/h3-6,18-20H,2,7-17H2,1H3/p+1. The molecule has 0 amide bonds. The monoisotopic (exact) mass is 419 g/mol. The summed E-state index contributed by atoms with van der Waals surface area (Å²) in [5, 5.41) is 0. The summed E-state index contributed by atoms with van der Waals surface area (Å²) in [6.45, 7) is 5.93. The second-order valence-corrected chi connectivity index (χ2v) is 12.0. The molecule has 1 aromatic carbocycles. The fraction of sp³-hybridized carbons (Fsp3) is 0.739. The number of ether oxygens (including phenoxy) is 1. The van der Waals surface area contributed by atoms with Crippen LogP contribution in [-0.4, -0.2) is 51.0 Å². The van der Waals surface area contributed by atoms with E-state index < -0.39 is 10.0 Å². The van der Waals surface area contributed by atoms with Crippen LogP contribution < -0.4 is 9.64 Å². The number of nitrogens with one attached hydrogen (secondary N) is 1.